The van der Waals surface area contributed by atoms with Crippen LogP contribution in [0.2, 0.25) is 0 Å². The highest BCUT2D eigenvalue weighted by molar-refractivity contribution is 5.55. The molecule has 0 saturated carbocycles. The summed E-state index contributed by atoms with van der Waals surface area (Å²) in [6, 6.07) is 0. The Morgan fingerprint density at radius 3 is 1.73 bits per heavy atom. The molecule has 0 aliphatic rings. The Bertz CT molecular complexity index is 1430. The van der Waals surface area contributed by atoms with Crippen molar-refractivity contribution >= 4 is 0 Å². The fourth-order valence-corrected chi connectivity index (χ4v) is 2.88. The van der Waals surface area contributed by atoms with Crippen LogP contribution in [0, 0.1) is 0 Å². The first kappa shape index (κ1) is 39.3. The van der Waals surface area contributed by atoms with E-state index in [2.05, 4.69) is 70.5 Å². The van der Waals surface area contributed by atoms with Crippen LogP contribution in [0.3, 0.4) is 0 Å². The molecule has 0 aromatic rings. The van der Waals surface area contributed by atoms with E-state index < -0.39 is 34.9 Å². The lowest BCUT2D eigenvalue weighted by molar-refractivity contribution is -0.175. The molecule has 234 valence electrons. The minimum absolute atomic E-state index is 0.0875. The normalized spacial score (nSPS) is 12.8. The average molecular weight is 609 g/mol. The lowest BCUT2D eigenvalue weighted by Crippen LogP contribution is -2.21. The van der Waals surface area contributed by atoms with Gasteiger partial charge in [-0.2, -0.15) is 8.78 Å². The van der Waals surface area contributed by atoms with Crippen LogP contribution in [0.4, 0.5) is 22.0 Å². The third-order valence-corrected chi connectivity index (χ3v) is 5.93. The summed E-state index contributed by atoms with van der Waals surface area (Å²) in [7, 11) is 0. The SMILES string of the molecule is C=C(/C=C\C(=C)C(=C)/C=C(/F)C(=C)C(=C)/C=C(/F)C(=C)C(=C)/C=C\C(=C)C(F)(F)OC(=C)/C=C(/F)C(=C)CC)CC/C=C/C. The highest BCUT2D eigenvalue weighted by Gasteiger charge is 2.34. The first-order valence-electron chi connectivity index (χ1n) is 13.4. The van der Waals surface area contributed by atoms with Gasteiger partial charge in [0, 0.05) is 17.2 Å². The van der Waals surface area contributed by atoms with Crippen molar-refractivity contribution < 1.29 is 26.7 Å². The molecular weight excluding hydrogens is 567 g/mol. The summed E-state index contributed by atoms with van der Waals surface area (Å²) in [4.78, 5) is 0. The van der Waals surface area contributed by atoms with Gasteiger partial charge in [0.1, 0.15) is 23.2 Å². The Morgan fingerprint density at radius 1 is 0.659 bits per heavy atom. The van der Waals surface area contributed by atoms with Crippen molar-refractivity contribution in [1.29, 1.82) is 0 Å². The zero-order chi connectivity index (χ0) is 34.2. The fraction of sp³-hybridized carbons (Fsp3) is 0.158. The molecule has 0 atom stereocenters. The summed E-state index contributed by atoms with van der Waals surface area (Å²) in [6.45, 7) is 39.5. The first-order valence-corrected chi connectivity index (χ1v) is 13.4. The van der Waals surface area contributed by atoms with Gasteiger partial charge >= 0.3 is 6.11 Å². The maximum Gasteiger partial charge on any atom is 0.426 e. The van der Waals surface area contributed by atoms with Crippen LogP contribution >= 0.6 is 0 Å². The van der Waals surface area contributed by atoms with Gasteiger partial charge in [-0.3, -0.25) is 0 Å². The minimum Gasteiger partial charge on any atom is -0.429 e. The van der Waals surface area contributed by atoms with Crippen LogP contribution < -0.4 is 0 Å². The van der Waals surface area contributed by atoms with E-state index in [1.54, 1.807) is 19.1 Å². The molecule has 0 radical (unpaired) electrons. The highest BCUT2D eigenvalue weighted by Crippen LogP contribution is 2.31. The maximum atomic E-state index is 14.9. The Morgan fingerprint density at radius 2 is 1.18 bits per heavy atom. The van der Waals surface area contributed by atoms with Crippen molar-refractivity contribution in [3.8, 4) is 0 Å². The summed E-state index contributed by atoms with van der Waals surface area (Å²) < 4.78 is 76.7. The lowest BCUT2D eigenvalue weighted by Gasteiger charge is -2.18. The second-order valence-electron chi connectivity index (χ2n) is 9.54. The summed E-state index contributed by atoms with van der Waals surface area (Å²) in [6.07, 6.45) is 9.84. The highest BCUT2D eigenvalue weighted by atomic mass is 19.3. The third-order valence-electron chi connectivity index (χ3n) is 5.93. The largest absolute Gasteiger partial charge is 0.429 e. The number of hydrogen-bond donors (Lipinski definition) is 0. The summed E-state index contributed by atoms with van der Waals surface area (Å²) in [5.41, 5.74) is 0.0856. The van der Waals surface area contributed by atoms with E-state index in [0.717, 1.165) is 42.7 Å². The van der Waals surface area contributed by atoms with Crippen LogP contribution in [-0.4, -0.2) is 6.11 Å². The zero-order valence-electron chi connectivity index (χ0n) is 25.7. The number of allylic oxidation sites excluding steroid dienone is 19. The molecule has 0 aromatic heterocycles. The lowest BCUT2D eigenvalue weighted by atomic mass is 10.0. The molecule has 0 saturated heterocycles. The second kappa shape index (κ2) is 18.7. The molecule has 0 aliphatic heterocycles. The molecular formula is C38H41F5O. The number of hydrogen-bond acceptors (Lipinski definition) is 1. The van der Waals surface area contributed by atoms with E-state index in [1.807, 2.05) is 19.1 Å². The van der Waals surface area contributed by atoms with E-state index in [1.165, 1.54) is 0 Å². The van der Waals surface area contributed by atoms with E-state index in [0.29, 0.717) is 11.6 Å². The molecule has 0 fully saturated rings. The molecule has 0 N–H and O–H groups in total. The quantitative estimate of drug-likeness (QED) is 0.0578. The van der Waals surface area contributed by atoms with Crippen molar-refractivity contribution in [2.75, 3.05) is 0 Å². The molecule has 0 aliphatic carbocycles. The van der Waals surface area contributed by atoms with Crippen molar-refractivity contribution in [3.05, 3.63) is 194 Å². The van der Waals surface area contributed by atoms with E-state index in [-0.39, 0.29) is 39.9 Å². The Labute approximate surface area is 259 Å². The van der Waals surface area contributed by atoms with Crippen LogP contribution in [0.15, 0.2) is 194 Å². The van der Waals surface area contributed by atoms with Gasteiger partial charge in [-0.15, -0.1) is 0 Å². The smallest absolute Gasteiger partial charge is 0.426 e. The topological polar surface area (TPSA) is 9.23 Å². The predicted molar refractivity (Wildman–Crippen MR) is 178 cm³/mol. The van der Waals surface area contributed by atoms with Gasteiger partial charge in [0.05, 0.1) is 5.57 Å². The first-order chi connectivity index (χ1) is 20.4. The monoisotopic (exact) mass is 608 g/mol. The van der Waals surface area contributed by atoms with Gasteiger partial charge in [0.2, 0.25) is 0 Å². The Hall–Kier alpha value is -4.71. The molecule has 0 amide bonds. The van der Waals surface area contributed by atoms with Crippen molar-refractivity contribution in [2.24, 2.45) is 0 Å². The number of halogens is 5. The summed E-state index contributed by atoms with van der Waals surface area (Å²) in [5.74, 6) is -3.27. The van der Waals surface area contributed by atoms with E-state index in [4.69, 9.17) is 0 Å². The van der Waals surface area contributed by atoms with Crippen molar-refractivity contribution in [2.45, 2.75) is 39.2 Å². The van der Waals surface area contributed by atoms with Gasteiger partial charge < -0.3 is 4.74 Å². The number of rotatable bonds is 20. The van der Waals surface area contributed by atoms with Crippen LogP contribution in [0.1, 0.15) is 33.1 Å². The maximum absolute atomic E-state index is 14.9. The Balaban J connectivity index is 5.38. The van der Waals surface area contributed by atoms with Gasteiger partial charge in [0.25, 0.3) is 0 Å². The molecule has 0 unspecified atom stereocenters. The molecule has 0 aromatic carbocycles. The molecule has 44 heavy (non-hydrogen) atoms. The minimum atomic E-state index is -3.96. The average Bonchev–Trinajstić information content (AvgIpc) is 2.96. The van der Waals surface area contributed by atoms with Gasteiger partial charge in [-0.1, -0.05) is 109 Å². The van der Waals surface area contributed by atoms with Crippen LogP contribution in [0.25, 0.3) is 0 Å². The zero-order valence-corrected chi connectivity index (χ0v) is 25.7. The van der Waals surface area contributed by atoms with Gasteiger partial charge in [0.15, 0.2) is 0 Å². The molecule has 0 heterocycles. The molecule has 0 bridgehead atoms. The van der Waals surface area contributed by atoms with Crippen LogP contribution in [0.5, 0.6) is 0 Å². The van der Waals surface area contributed by atoms with Gasteiger partial charge in [-0.25, -0.2) is 13.2 Å². The molecule has 1 nitrogen and oxygen atoms in total. The number of ether oxygens (including phenoxy) is 1. The molecule has 0 spiro atoms. The summed E-state index contributed by atoms with van der Waals surface area (Å²) >= 11 is 0. The van der Waals surface area contributed by atoms with Gasteiger partial charge in [-0.05, 0) is 72.3 Å². The molecule has 0 rings (SSSR count). The Kier molecular flexibility index (Phi) is 16.7. The summed E-state index contributed by atoms with van der Waals surface area (Å²) in [5, 5.41) is 0. The van der Waals surface area contributed by atoms with Crippen LogP contribution in [-0.2, 0) is 4.74 Å². The standard InChI is InChI=1S/C38H41F5O/c1-13-15-16-17-25(3)18-19-27(5)29(7)22-36(40)34(12)30(8)23-37(41)33(11)28(6)20-21-31(9)38(42,43)44-32(10)24-35(39)26(4)14-2/h13,15,18-24H,3-12,14,16-17H2,1-2H3/b15-13+,19-18-,21-20-,35-24+,36-22+,37-23+. The van der Waals surface area contributed by atoms with Crippen molar-refractivity contribution in [3.63, 3.8) is 0 Å². The number of alkyl halides is 2. The van der Waals surface area contributed by atoms with Crippen molar-refractivity contribution in [1.82, 2.24) is 0 Å². The second-order valence-corrected chi connectivity index (χ2v) is 9.54. The van der Waals surface area contributed by atoms with E-state index >= 15 is 0 Å². The van der Waals surface area contributed by atoms with E-state index in [9.17, 15) is 22.0 Å². The third kappa shape index (κ3) is 14.0. The fourth-order valence-electron chi connectivity index (χ4n) is 2.88. The predicted octanol–water partition coefficient (Wildman–Crippen LogP) is 12.6. The molecule has 6 heteroatoms.